The maximum Gasteiger partial charge on any atom is 0.146 e. The topological polar surface area (TPSA) is 12.0 Å². The highest BCUT2D eigenvalue weighted by Crippen LogP contribution is 2.24. The number of halogens is 1. The second-order valence-electron chi connectivity index (χ2n) is 3.86. The van der Waals surface area contributed by atoms with Crippen molar-refractivity contribution in [2.45, 2.75) is 19.9 Å². The molecule has 0 radical (unpaired) electrons. The van der Waals surface area contributed by atoms with E-state index in [4.69, 9.17) is 0 Å². The Labute approximate surface area is 98.9 Å². The number of rotatable bonds is 3. The molecular weight excluding hydrogens is 221 g/mol. The Bertz CT molecular complexity index is 465. The van der Waals surface area contributed by atoms with Crippen LogP contribution < -0.4 is 5.32 Å². The molecule has 16 heavy (non-hydrogen) atoms. The van der Waals surface area contributed by atoms with Gasteiger partial charge in [-0.3, -0.25) is 0 Å². The molecule has 0 spiro atoms. The Morgan fingerprint density at radius 3 is 2.75 bits per heavy atom. The fourth-order valence-electron chi connectivity index (χ4n) is 1.58. The summed E-state index contributed by atoms with van der Waals surface area (Å²) in [5.41, 5.74) is 1.50. The largest absolute Gasteiger partial charge is 0.375 e. The molecule has 0 bridgehead atoms. The molecule has 3 heteroatoms. The third-order valence-corrected chi connectivity index (χ3v) is 3.52. The lowest BCUT2D eigenvalue weighted by atomic mass is 10.2. The fraction of sp³-hybridized carbons (Fsp3) is 0.231. The second-order valence-corrected chi connectivity index (χ2v) is 4.84. The van der Waals surface area contributed by atoms with E-state index in [1.165, 1.54) is 4.88 Å². The van der Waals surface area contributed by atoms with Crippen molar-refractivity contribution >= 4 is 17.0 Å². The molecule has 1 nitrogen and oxygen atoms in total. The normalized spacial score (nSPS) is 12.4. The summed E-state index contributed by atoms with van der Waals surface area (Å²) in [4.78, 5) is 1.21. The lowest BCUT2D eigenvalue weighted by molar-refractivity contribution is 0.626. The molecule has 0 aliphatic rings. The number of thiophene rings is 1. The van der Waals surface area contributed by atoms with Crippen molar-refractivity contribution in [3.05, 3.63) is 52.0 Å². The third kappa shape index (κ3) is 2.42. The van der Waals surface area contributed by atoms with Crippen LogP contribution in [0.4, 0.5) is 10.1 Å². The predicted molar refractivity (Wildman–Crippen MR) is 67.5 cm³/mol. The Kier molecular flexibility index (Phi) is 3.25. The van der Waals surface area contributed by atoms with Crippen LogP contribution in [0, 0.1) is 12.7 Å². The van der Waals surface area contributed by atoms with Gasteiger partial charge < -0.3 is 5.32 Å². The molecule has 0 aliphatic heterocycles. The van der Waals surface area contributed by atoms with Gasteiger partial charge >= 0.3 is 0 Å². The lowest BCUT2D eigenvalue weighted by Crippen LogP contribution is -2.06. The molecule has 1 N–H and O–H groups in total. The van der Waals surface area contributed by atoms with Gasteiger partial charge in [0.05, 0.1) is 11.7 Å². The number of hydrogen-bond donors (Lipinski definition) is 1. The van der Waals surface area contributed by atoms with Crippen molar-refractivity contribution in [3.63, 3.8) is 0 Å². The minimum absolute atomic E-state index is 0.136. The molecule has 1 atom stereocenters. The predicted octanol–water partition coefficient (Wildman–Crippen LogP) is 4.37. The van der Waals surface area contributed by atoms with Gasteiger partial charge in [-0.1, -0.05) is 12.1 Å². The third-order valence-electron chi connectivity index (χ3n) is 2.47. The van der Waals surface area contributed by atoms with Crippen LogP contribution in [0.25, 0.3) is 0 Å². The van der Waals surface area contributed by atoms with E-state index in [-0.39, 0.29) is 11.9 Å². The summed E-state index contributed by atoms with van der Waals surface area (Å²) >= 11 is 1.67. The second kappa shape index (κ2) is 4.66. The van der Waals surface area contributed by atoms with Crippen molar-refractivity contribution in [2.75, 3.05) is 5.32 Å². The van der Waals surface area contributed by atoms with E-state index in [9.17, 15) is 4.39 Å². The van der Waals surface area contributed by atoms with E-state index in [1.807, 2.05) is 31.4 Å². The molecule has 2 rings (SSSR count). The highest BCUT2D eigenvalue weighted by atomic mass is 32.1. The van der Waals surface area contributed by atoms with Crippen LogP contribution in [0.2, 0.25) is 0 Å². The summed E-state index contributed by atoms with van der Waals surface area (Å²) in [6.07, 6.45) is 0. The van der Waals surface area contributed by atoms with Gasteiger partial charge in [-0.2, -0.15) is 0 Å². The summed E-state index contributed by atoms with van der Waals surface area (Å²) in [6, 6.07) is 9.43. The van der Waals surface area contributed by atoms with Crippen LogP contribution in [0.5, 0.6) is 0 Å². The van der Waals surface area contributed by atoms with Crippen molar-refractivity contribution < 1.29 is 4.39 Å². The van der Waals surface area contributed by atoms with Crippen LogP contribution in [-0.4, -0.2) is 0 Å². The van der Waals surface area contributed by atoms with E-state index in [0.29, 0.717) is 5.69 Å². The molecular formula is C13H14FNS. The van der Waals surface area contributed by atoms with Crippen LogP contribution in [0.3, 0.4) is 0 Å². The maximum absolute atomic E-state index is 13.6. The number of anilines is 1. The Hall–Kier alpha value is -1.35. The van der Waals surface area contributed by atoms with E-state index in [0.717, 1.165) is 5.56 Å². The Morgan fingerprint density at radius 2 is 2.12 bits per heavy atom. The van der Waals surface area contributed by atoms with Crippen molar-refractivity contribution in [3.8, 4) is 0 Å². The molecule has 2 aromatic rings. The smallest absolute Gasteiger partial charge is 0.146 e. The minimum atomic E-state index is -0.191. The Morgan fingerprint density at radius 1 is 1.31 bits per heavy atom. The fourth-order valence-corrected chi connectivity index (χ4v) is 2.31. The van der Waals surface area contributed by atoms with Gasteiger partial charge in [-0.15, -0.1) is 11.3 Å². The molecule has 0 saturated carbocycles. The first-order valence-electron chi connectivity index (χ1n) is 5.23. The van der Waals surface area contributed by atoms with Crippen molar-refractivity contribution in [1.82, 2.24) is 0 Å². The van der Waals surface area contributed by atoms with Gasteiger partial charge in [0.25, 0.3) is 0 Å². The molecule has 0 amide bonds. The zero-order valence-corrected chi connectivity index (χ0v) is 10.1. The van der Waals surface area contributed by atoms with Crippen LogP contribution in [-0.2, 0) is 0 Å². The average molecular weight is 235 g/mol. The van der Waals surface area contributed by atoms with E-state index in [1.54, 1.807) is 23.5 Å². The molecule has 1 unspecified atom stereocenters. The number of nitrogens with one attached hydrogen (secondary N) is 1. The first-order valence-corrected chi connectivity index (χ1v) is 6.11. The molecule has 0 aliphatic carbocycles. The summed E-state index contributed by atoms with van der Waals surface area (Å²) in [5.74, 6) is -0.191. The summed E-state index contributed by atoms with van der Waals surface area (Å²) in [7, 11) is 0. The minimum Gasteiger partial charge on any atom is -0.375 e. The molecule has 1 aromatic carbocycles. The lowest BCUT2D eigenvalue weighted by Gasteiger charge is -2.14. The highest BCUT2D eigenvalue weighted by Gasteiger charge is 2.08. The zero-order chi connectivity index (χ0) is 11.5. The number of benzene rings is 1. The number of aryl methyl sites for hydroxylation is 1. The first kappa shape index (κ1) is 11.1. The van der Waals surface area contributed by atoms with E-state index in [2.05, 4.69) is 11.4 Å². The molecule has 84 valence electrons. The average Bonchev–Trinajstić information content (AvgIpc) is 2.75. The van der Waals surface area contributed by atoms with Crippen molar-refractivity contribution in [1.29, 1.82) is 0 Å². The van der Waals surface area contributed by atoms with Gasteiger partial charge in [-0.25, -0.2) is 4.39 Å². The van der Waals surface area contributed by atoms with Gasteiger partial charge in [0.2, 0.25) is 0 Å². The molecule has 0 saturated heterocycles. The standard InChI is InChI=1S/C13H14FNS/c1-9-5-6-12(11(14)8-9)15-10(2)13-4-3-7-16-13/h3-8,10,15H,1-2H3. The SMILES string of the molecule is Cc1ccc(NC(C)c2cccs2)c(F)c1. The first-order chi connectivity index (χ1) is 7.66. The number of hydrogen-bond acceptors (Lipinski definition) is 2. The zero-order valence-electron chi connectivity index (χ0n) is 9.33. The Balaban J connectivity index is 2.15. The van der Waals surface area contributed by atoms with Gasteiger partial charge in [0.1, 0.15) is 5.82 Å². The van der Waals surface area contributed by atoms with Crippen LogP contribution in [0.1, 0.15) is 23.4 Å². The van der Waals surface area contributed by atoms with Crippen LogP contribution >= 0.6 is 11.3 Å². The summed E-state index contributed by atoms with van der Waals surface area (Å²) < 4.78 is 13.6. The maximum atomic E-state index is 13.6. The van der Waals surface area contributed by atoms with Crippen molar-refractivity contribution in [2.24, 2.45) is 0 Å². The molecule has 1 aromatic heterocycles. The monoisotopic (exact) mass is 235 g/mol. The van der Waals surface area contributed by atoms with Crippen LogP contribution in [0.15, 0.2) is 35.7 Å². The summed E-state index contributed by atoms with van der Waals surface area (Å²) in [5, 5.41) is 5.20. The summed E-state index contributed by atoms with van der Waals surface area (Å²) in [6.45, 7) is 3.92. The van der Waals surface area contributed by atoms with E-state index >= 15 is 0 Å². The van der Waals surface area contributed by atoms with Gasteiger partial charge in [-0.05, 0) is 43.0 Å². The quantitative estimate of drug-likeness (QED) is 0.833. The van der Waals surface area contributed by atoms with E-state index < -0.39 is 0 Å². The molecule has 1 heterocycles. The molecule has 0 fully saturated rings. The highest BCUT2D eigenvalue weighted by molar-refractivity contribution is 7.10. The van der Waals surface area contributed by atoms with Gasteiger partial charge in [0.15, 0.2) is 0 Å². The van der Waals surface area contributed by atoms with Gasteiger partial charge in [0, 0.05) is 4.88 Å².